The van der Waals surface area contributed by atoms with E-state index in [1.807, 2.05) is 45.1 Å². The molecule has 1 aromatic carbocycles. The number of allylic oxidation sites excluding steroid dienone is 1. The van der Waals surface area contributed by atoms with Gasteiger partial charge >= 0.3 is 5.97 Å². The number of halogens is 1. The van der Waals surface area contributed by atoms with Gasteiger partial charge in [-0.05, 0) is 63.6 Å². The summed E-state index contributed by atoms with van der Waals surface area (Å²) < 4.78 is 30.6. The Morgan fingerprint density at radius 3 is 2.69 bits per heavy atom. The molecule has 1 saturated heterocycles. The highest BCUT2D eigenvalue weighted by Crippen LogP contribution is 2.57. The number of rotatable bonds is 13. The first kappa shape index (κ1) is 28.5. The van der Waals surface area contributed by atoms with E-state index in [2.05, 4.69) is 19.1 Å². The number of esters is 1. The van der Waals surface area contributed by atoms with Crippen LogP contribution in [0.1, 0.15) is 71.8 Å². The van der Waals surface area contributed by atoms with Crippen molar-refractivity contribution in [3.8, 4) is 0 Å². The van der Waals surface area contributed by atoms with Gasteiger partial charge in [-0.3, -0.25) is 0 Å². The van der Waals surface area contributed by atoms with E-state index in [1.54, 1.807) is 0 Å². The molecule has 6 heteroatoms. The third kappa shape index (κ3) is 7.74. The van der Waals surface area contributed by atoms with Crippen LogP contribution >= 0.6 is 0 Å². The Kier molecular flexibility index (Phi) is 10.3. The molecule has 2 fully saturated rings. The zero-order chi connectivity index (χ0) is 26.2. The van der Waals surface area contributed by atoms with Crippen molar-refractivity contribution < 1.29 is 28.5 Å². The Labute approximate surface area is 215 Å². The number of carbonyl (C=O) groups is 1. The first-order valence-electron chi connectivity index (χ1n) is 13.3. The quantitative estimate of drug-likeness (QED) is 0.207. The third-order valence-electron chi connectivity index (χ3n) is 7.21. The zero-order valence-electron chi connectivity index (χ0n) is 22.3. The van der Waals surface area contributed by atoms with Gasteiger partial charge in [0, 0.05) is 11.3 Å². The molecule has 0 aromatic heterocycles. The predicted molar refractivity (Wildman–Crippen MR) is 139 cm³/mol. The highest BCUT2D eigenvalue weighted by Gasteiger charge is 2.58. The molecule has 1 heterocycles. The first-order valence-corrected chi connectivity index (χ1v) is 13.3. The Balaban J connectivity index is 1.66. The van der Waals surface area contributed by atoms with Gasteiger partial charge in [0.1, 0.15) is 18.0 Å². The van der Waals surface area contributed by atoms with Crippen LogP contribution in [0.25, 0.3) is 0 Å². The SMILES string of the molecule is CCCCC[C@@H](O)/C=C/[C@@H]1[C@@H]2C[C@@](c3ccc(F)cc3)(CO2)[C@H]1C/C=C/COCC(=O)OC(C)(C)C. The number of carbonyl (C=O) groups excluding carboxylic acids is 1. The van der Waals surface area contributed by atoms with Crippen molar-refractivity contribution >= 4 is 5.97 Å². The summed E-state index contributed by atoms with van der Waals surface area (Å²) in [6, 6.07) is 6.81. The second-order valence-corrected chi connectivity index (χ2v) is 11.2. The topological polar surface area (TPSA) is 65.0 Å². The molecule has 0 radical (unpaired) electrons. The summed E-state index contributed by atoms with van der Waals surface area (Å²) in [5.41, 5.74) is 0.383. The van der Waals surface area contributed by atoms with Crippen LogP contribution in [0.4, 0.5) is 4.39 Å². The molecule has 1 aromatic rings. The fourth-order valence-corrected chi connectivity index (χ4v) is 5.55. The zero-order valence-corrected chi connectivity index (χ0v) is 22.3. The van der Waals surface area contributed by atoms with Crippen molar-refractivity contribution in [3.05, 3.63) is 60.0 Å². The lowest BCUT2D eigenvalue weighted by atomic mass is 9.69. The van der Waals surface area contributed by atoms with Crippen LogP contribution < -0.4 is 0 Å². The number of hydrogen-bond donors (Lipinski definition) is 1. The summed E-state index contributed by atoms with van der Waals surface area (Å²) in [5, 5.41) is 10.5. The van der Waals surface area contributed by atoms with Gasteiger partial charge in [-0.15, -0.1) is 0 Å². The van der Waals surface area contributed by atoms with Crippen molar-refractivity contribution in [2.45, 2.75) is 89.4 Å². The van der Waals surface area contributed by atoms with Gasteiger partial charge in [0.2, 0.25) is 0 Å². The Bertz CT molecular complexity index is 888. The molecule has 2 aliphatic rings. The Hall–Kier alpha value is -2.02. The second kappa shape index (κ2) is 13.0. The standard InChI is InChI=1S/C30H43FO5/c1-5-6-7-10-24(32)16-17-25-26(11-8-9-18-34-20-28(33)36-29(2,3)4)30(19-27(25)35-21-30)22-12-14-23(31)15-13-22/h8-9,12-17,24-27,32H,5-7,10-11,18-21H2,1-4H3/b9-8+,17-16+/t24-,25+,26+,27+,30+/m1/s1. The van der Waals surface area contributed by atoms with Crippen LogP contribution in [0.5, 0.6) is 0 Å². The van der Waals surface area contributed by atoms with Gasteiger partial charge in [-0.2, -0.15) is 0 Å². The predicted octanol–water partition coefficient (Wildman–Crippen LogP) is 5.90. The molecule has 5 atom stereocenters. The summed E-state index contributed by atoms with van der Waals surface area (Å²) in [4.78, 5) is 11.8. The molecule has 1 saturated carbocycles. The van der Waals surface area contributed by atoms with Gasteiger partial charge in [-0.1, -0.05) is 62.6 Å². The normalized spacial score (nSPS) is 26.8. The van der Waals surface area contributed by atoms with E-state index >= 15 is 0 Å². The molecule has 1 aliphatic carbocycles. The van der Waals surface area contributed by atoms with E-state index in [9.17, 15) is 14.3 Å². The van der Waals surface area contributed by atoms with Gasteiger partial charge in [0.15, 0.2) is 0 Å². The molecule has 36 heavy (non-hydrogen) atoms. The highest BCUT2D eigenvalue weighted by atomic mass is 19.1. The maximum Gasteiger partial charge on any atom is 0.332 e. The lowest BCUT2D eigenvalue weighted by Crippen LogP contribution is -2.39. The minimum Gasteiger partial charge on any atom is -0.458 e. The molecule has 200 valence electrons. The lowest BCUT2D eigenvalue weighted by Gasteiger charge is -2.38. The number of ether oxygens (including phenoxy) is 3. The molecule has 0 spiro atoms. The average Bonchev–Trinajstić information content (AvgIpc) is 3.37. The fraction of sp³-hybridized carbons (Fsp3) is 0.633. The molecular formula is C30H43FO5. The van der Waals surface area contributed by atoms with Crippen molar-refractivity contribution in [3.63, 3.8) is 0 Å². The fourth-order valence-electron chi connectivity index (χ4n) is 5.55. The molecular weight excluding hydrogens is 459 g/mol. The number of aliphatic hydroxyl groups is 1. The van der Waals surface area contributed by atoms with Gasteiger partial charge in [0.25, 0.3) is 0 Å². The molecule has 1 aliphatic heterocycles. The third-order valence-corrected chi connectivity index (χ3v) is 7.21. The van der Waals surface area contributed by atoms with Gasteiger partial charge in [0.05, 0.1) is 25.4 Å². The monoisotopic (exact) mass is 502 g/mol. The lowest BCUT2D eigenvalue weighted by molar-refractivity contribution is -0.159. The van der Waals surface area contributed by atoms with E-state index in [1.165, 1.54) is 12.1 Å². The van der Waals surface area contributed by atoms with E-state index in [0.29, 0.717) is 13.2 Å². The van der Waals surface area contributed by atoms with Gasteiger partial charge < -0.3 is 19.3 Å². The van der Waals surface area contributed by atoms with E-state index in [4.69, 9.17) is 14.2 Å². The summed E-state index contributed by atoms with van der Waals surface area (Å²) >= 11 is 0. The number of unbranched alkanes of at least 4 members (excludes halogenated alkanes) is 2. The Morgan fingerprint density at radius 1 is 1.25 bits per heavy atom. The minimum absolute atomic E-state index is 0.0796. The second-order valence-electron chi connectivity index (χ2n) is 11.2. The first-order chi connectivity index (χ1) is 17.1. The molecule has 0 amide bonds. The smallest absolute Gasteiger partial charge is 0.332 e. The maximum absolute atomic E-state index is 13.7. The van der Waals surface area contributed by atoms with E-state index < -0.39 is 11.7 Å². The number of fused-ring (bicyclic) bond motifs is 2. The number of benzene rings is 1. The van der Waals surface area contributed by atoms with Crippen molar-refractivity contribution in [1.82, 2.24) is 0 Å². The van der Waals surface area contributed by atoms with Crippen molar-refractivity contribution in [1.29, 1.82) is 0 Å². The summed E-state index contributed by atoms with van der Waals surface area (Å²) in [5.74, 6) is -0.201. The largest absolute Gasteiger partial charge is 0.458 e. The van der Waals surface area contributed by atoms with Crippen LogP contribution in [-0.2, 0) is 24.4 Å². The molecule has 1 N–H and O–H groups in total. The Morgan fingerprint density at radius 2 is 2.00 bits per heavy atom. The van der Waals surface area contributed by atoms with Crippen molar-refractivity contribution in [2.75, 3.05) is 19.8 Å². The van der Waals surface area contributed by atoms with Gasteiger partial charge in [-0.25, -0.2) is 9.18 Å². The number of aliphatic hydroxyl groups excluding tert-OH is 1. The van der Waals surface area contributed by atoms with Crippen LogP contribution in [0.2, 0.25) is 0 Å². The van der Waals surface area contributed by atoms with Crippen LogP contribution in [0, 0.1) is 17.7 Å². The molecule has 5 nitrogen and oxygen atoms in total. The van der Waals surface area contributed by atoms with Crippen LogP contribution in [0.3, 0.4) is 0 Å². The molecule has 0 unspecified atom stereocenters. The summed E-state index contributed by atoms with van der Waals surface area (Å²) in [6.45, 7) is 8.50. The maximum atomic E-state index is 13.7. The average molecular weight is 503 g/mol. The molecule has 3 rings (SSSR count). The number of hydrogen-bond acceptors (Lipinski definition) is 5. The van der Waals surface area contributed by atoms with E-state index in [0.717, 1.165) is 44.1 Å². The minimum atomic E-state index is -0.527. The summed E-state index contributed by atoms with van der Waals surface area (Å²) in [6.07, 6.45) is 13.5. The molecule has 2 bridgehead atoms. The van der Waals surface area contributed by atoms with Crippen molar-refractivity contribution in [2.24, 2.45) is 11.8 Å². The van der Waals surface area contributed by atoms with Crippen LogP contribution in [-0.4, -0.2) is 48.7 Å². The summed E-state index contributed by atoms with van der Waals surface area (Å²) in [7, 11) is 0. The highest BCUT2D eigenvalue weighted by molar-refractivity contribution is 5.71. The van der Waals surface area contributed by atoms with E-state index in [-0.39, 0.29) is 41.7 Å². The van der Waals surface area contributed by atoms with Crippen LogP contribution in [0.15, 0.2) is 48.6 Å².